The van der Waals surface area contributed by atoms with Crippen LogP contribution in [0.4, 0.5) is 13.2 Å². The van der Waals surface area contributed by atoms with E-state index in [1.807, 2.05) is 0 Å². The number of hydrogen-bond acceptors (Lipinski definition) is 4. The van der Waals surface area contributed by atoms with Crippen molar-refractivity contribution in [2.24, 2.45) is 0 Å². The minimum atomic E-state index is -4.50. The molecular formula is C13H15ClF3N3O2. The number of ether oxygens (including phenoxy) is 1. The summed E-state index contributed by atoms with van der Waals surface area (Å²) in [5.74, 6) is -0.213. The Morgan fingerprint density at radius 2 is 2.32 bits per heavy atom. The largest absolute Gasteiger partial charge is 0.475 e. The lowest BCUT2D eigenvalue weighted by Crippen LogP contribution is -2.41. The van der Waals surface area contributed by atoms with Gasteiger partial charge < -0.3 is 15.4 Å². The van der Waals surface area contributed by atoms with Gasteiger partial charge in [-0.15, -0.1) is 0 Å². The number of rotatable bonds is 5. The molecule has 1 aliphatic rings. The number of carbonyl (C=O) groups excluding carboxylic acids is 1. The zero-order valence-corrected chi connectivity index (χ0v) is 12.3. The van der Waals surface area contributed by atoms with E-state index in [0.29, 0.717) is 6.20 Å². The van der Waals surface area contributed by atoms with Gasteiger partial charge in [-0.1, -0.05) is 11.6 Å². The number of nitrogens with one attached hydrogen (secondary N) is 2. The molecule has 1 atom stereocenters. The second-order valence-electron chi connectivity index (χ2n) is 4.80. The third-order valence-electron chi connectivity index (χ3n) is 3.15. The Labute approximate surface area is 130 Å². The highest BCUT2D eigenvalue weighted by Crippen LogP contribution is 2.32. The Morgan fingerprint density at radius 3 is 2.91 bits per heavy atom. The van der Waals surface area contributed by atoms with Gasteiger partial charge >= 0.3 is 6.18 Å². The van der Waals surface area contributed by atoms with Gasteiger partial charge in [-0.2, -0.15) is 13.2 Å². The summed E-state index contributed by atoms with van der Waals surface area (Å²) in [5, 5.41) is 5.50. The lowest BCUT2D eigenvalue weighted by atomic mass is 10.2. The molecule has 0 aliphatic carbocycles. The lowest BCUT2D eigenvalue weighted by molar-refractivity contribution is -0.137. The van der Waals surface area contributed by atoms with E-state index in [-0.39, 0.29) is 36.0 Å². The summed E-state index contributed by atoms with van der Waals surface area (Å²) in [6.45, 7) is 1.10. The second kappa shape index (κ2) is 7.15. The van der Waals surface area contributed by atoms with Gasteiger partial charge in [-0.25, -0.2) is 4.98 Å². The van der Waals surface area contributed by atoms with Crippen LogP contribution in [0.2, 0.25) is 5.02 Å². The summed E-state index contributed by atoms with van der Waals surface area (Å²) in [5.41, 5.74) is -0.939. The predicted octanol–water partition coefficient (Wildman–Crippen LogP) is 2.00. The van der Waals surface area contributed by atoms with Crippen LogP contribution >= 0.6 is 11.6 Å². The van der Waals surface area contributed by atoms with Gasteiger partial charge in [0.25, 0.3) is 0 Å². The van der Waals surface area contributed by atoms with Gasteiger partial charge in [0.1, 0.15) is 11.6 Å². The highest BCUT2D eigenvalue weighted by atomic mass is 35.5. The zero-order chi connectivity index (χ0) is 16.2. The SMILES string of the molecule is O=C(NCCOc1ncc(C(F)(F)F)cc1Cl)[C@@H]1CCCN1. The average molecular weight is 338 g/mol. The molecule has 122 valence electrons. The van der Waals surface area contributed by atoms with E-state index < -0.39 is 11.7 Å². The van der Waals surface area contributed by atoms with E-state index in [9.17, 15) is 18.0 Å². The maximum absolute atomic E-state index is 12.5. The number of nitrogens with zero attached hydrogens (tertiary/aromatic N) is 1. The summed E-state index contributed by atoms with van der Waals surface area (Å²) in [6.07, 6.45) is -2.10. The molecule has 1 aromatic rings. The van der Waals surface area contributed by atoms with Crippen LogP contribution in [0.5, 0.6) is 5.88 Å². The Bertz CT molecular complexity index is 534. The van der Waals surface area contributed by atoms with Crippen molar-refractivity contribution in [3.8, 4) is 5.88 Å². The van der Waals surface area contributed by atoms with Crippen molar-refractivity contribution in [3.05, 3.63) is 22.8 Å². The molecule has 0 radical (unpaired) electrons. The highest BCUT2D eigenvalue weighted by Gasteiger charge is 2.31. The van der Waals surface area contributed by atoms with Crippen LogP contribution in [0.1, 0.15) is 18.4 Å². The van der Waals surface area contributed by atoms with Gasteiger partial charge in [-0.3, -0.25) is 4.79 Å². The number of aromatic nitrogens is 1. The second-order valence-corrected chi connectivity index (χ2v) is 5.20. The van der Waals surface area contributed by atoms with Crippen molar-refractivity contribution >= 4 is 17.5 Å². The van der Waals surface area contributed by atoms with Crippen molar-refractivity contribution < 1.29 is 22.7 Å². The number of carbonyl (C=O) groups is 1. The molecule has 1 aliphatic heterocycles. The van der Waals surface area contributed by atoms with Crippen LogP contribution < -0.4 is 15.4 Å². The van der Waals surface area contributed by atoms with Crippen LogP contribution in [0.25, 0.3) is 0 Å². The van der Waals surface area contributed by atoms with Gasteiger partial charge in [-0.05, 0) is 25.5 Å². The highest BCUT2D eigenvalue weighted by molar-refractivity contribution is 6.31. The summed E-state index contributed by atoms with van der Waals surface area (Å²) in [4.78, 5) is 15.2. The fraction of sp³-hybridized carbons (Fsp3) is 0.538. The normalized spacial score (nSPS) is 18.3. The van der Waals surface area contributed by atoms with E-state index in [1.54, 1.807) is 0 Å². The molecule has 0 saturated carbocycles. The fourth-order valence-electron chi connectivity index (χ4n) is 2.04. The van der Waals surface area contributed by atoms with E-state index in [4.69, 9.17) is 16.3 Å². The van der Waals surface area contributed by atoms with Crippen molar-refractivity contribution in [2.45, 2.75) is 25.1 Å². The van der Waals surface area contributed by atoms with Crippen molar-refractivity contribution in [1.29, 1.82) is 0 Å². The van der Waals surface area contributed by atoms with Crippen LogP contribution in [-0.4, -0.2) is 36.6 Å². The van der Waals surface area contributed by atoms with E-state index in [2.05, 4.69) is 15.6 Å². The minimum absolute atomic E-state index is 0.0660. The smallest absolute Gasteiger partial charge is 0.417 e. The summed E-state index contributed by atoms with van der Waals surface area (Å²) >= 11 is 5.70. The molecule has 0 bridgehead atoms. The number of alkyl halides is 3. The molecule has 0 unspecified atom stereocenters. The first-order valence-electron chi connectivity index (χ1n) is 6.74. The third-order valence-corrected chi connectivity index (χ3v) is 3.42. The topological polar surface area (TPSA) is 63.2 Å². The van der Waals surface area contributed by atoms with Crippen LogP contribution in [0.3, 0.4) is 0 Å². The molecule has 1 amide bonds. The van der Waals surface area contributed by atoms with Crippen LogP contribution in [-0.2, 0) is 11.0 Å². The summed E-state index contributed by atoms with van der Waals surface area (Å²) in [6, 6.07) is 0.568. The van der Waals surface area contributed by atoms with Gasteiger partial charge in [0.15, 0.2) is 0 Å². The summed E-state index contributed by atoms with van der Waals surface area (Å²) in [7, 11) is 0. The molecule has 9 heteroatoms. The van der Waals surface area contributed by atoms with Crippen molar-refractivity contribution in [2.75, 3.05) is 19.7 Å². The number of halogens is 4. The first kappa shape index (κ1) is 16.8. The Hall–Kier alpha value is -1.54. The van der Waals surface area contributed by atoms with Crippen LogP contribution in [0, 0.1) is 0 Å². The molecule has 2 N–H and O–H groups in total. The number of amides is 1. The first-order chi connectivity index (χ1) is 10.4. The molecule has 0 spiro atoms. The molecule has 1 fully saturated rings. The molecule has 1 aromatic heterocycles. The van der Waals surface area contributed by atoms with E-state index in [0.717, 1.165) is 25.5 Å². The van der Waals surface area contributed by atoms with Crippen molar-refractivity contribution in [3.63, 3.8) is 0 Å². The third kappa shape index (κ3) is 4.48. The maximum atomic E-state index is 12.5. The Kier molecular flexibility index (Phi) is 5.47. The fourth-order valence-corrected chi connectivity index (χ4v) is 2.26. The van der Waals surface area contributed by atoms with E-state index >= 15 is 0 Å². The zero-order valence-electron chi connectivity index (χ0n) is 11.5. The van der Waals surface area contributed by atoms with Gasteiger partial charge in [0.05, 0.1) is 18.2 Å². The van der Waals surface area contributed by atoms with Crippen molar-refractivity contribution in [1.82, 2.24) is 15.6 Å². The molecule has 1 saturated heterocycles. The average Bonchev–Trinajstić information content (AvgIpc) is 2.97. The summed E-state index contributed by atoms with van der Waals surface area (Å²) < 4.78 is 42.5. The number of hydrogen-bond donors (Lipinski definition) is 2. The monoisotopic (exact) mass is 337 g/mol. The Morgan fingerprint density at radius 1 is 1.55 bits per heavy atom. The molecule has 2 heterocycles. The Balaban J connectivity index is 1.78. The minimum Gasteiger partial charge on any atom is -0.475 e. The van der Waals surface area contributed by atoms with Gasteiger partial charge in [0.2, 0.25) is 11.8 Å². The molecular weight excluding hydrogens is 323 g/mol. The van der Waals surface area contributed by atoms with Gasteiger partial charge in [0, 0.05) is 6.20 Å². The quantitative estimate of drug-likeness (QED) is 0.807. The lowest BCUT2D eigenvalue weighted by Gasteiger charge is -2.12. The molecule has 5 nitrogen and oxygen atoms in total. The standard InChI is InChI=1S/C13H15ClF3N3O2/c14-9-6-8(13(15,16)17)7-20-12(9)22-5-4-19-11(21)10-2-1-3-18-10/h6-7,10,18H,1-5H2,(H,19,21)/t10-/m0/s1. The molecule has 2 rings (SSSR count). The van der Waals surface area contributed by atoms with E-state index in [1.165, 1.54) is 0 Å². The van der Waals surface area contributed by atoms with Crippen LogP contribution in [0.15, 0.2) is 12.3 Å². The molecule has 22 heavy (non-hydrogen) atoms. The maximum Gasteiger partial charge on any atom is 0.417 e. The predicted molar refractivity (Wildman–Crippen MR) is 73.8 cm³/mol. The molecule has 0 aromatic carbocycles. The first-order valence-corrected chi connectivity index (χ1v) is 7.12. The number of pyridine rings is 1.